The molecule has 7 heteroatoms. The number of methoxy groups -OCH3 is 2. The van der Waals surface area contributed by atoms with Gasteiger partial charge in [0.25, 0.3) is 0 Å². The minimum Gasteiger partial charge on any atom is -0.497 e. The Balaban J connectivity index is 1.74. The standard InChI is InChI=1S/C20H18N2O4S/c1-24-14-9-13(10-15(11-14)25-2)16-12-17(19-6-4-8-27-19)22(21-16)20(23)18-5-3-7-26-18/h3-11,17H,12H2,1-2H3/t17-/m0/s1. The van der Waals surface area contributed by atoms with Crippen molar-refractivity contribution in [2.24, 2.45) is 5.10 Å². The first kappa shape index (κ1) is 17.4. The van der Waals surface area contributed by atoms with Crippen LogP contribution >= 0.6 is 11.3 Å². The lowest BCUT2D eigenvalue weighted by Crippen LogP contribution is -2.26. The molecule has 2 aromatic heterocycles. The molecule has 1 aliphatic rings. The van der Waals surface area contributed by atoms with Crippen molar-refractivity contribution >= 4 is 23.0 Å². The molecule has 1 aromatic carbocycles. The third-order valence-corrected chi connectivity index (χ3v) is 5.38. The summed E-state index contributed by atoms with van der Waals surface area (Å²) in [5.41, 5.74) is 1.66. The number of carbonyl (C=O) groups excluding carboxylic acids is 1. The van der Waals surface area contributed by atoms with E-state index in [4.69, 9.17) is 13.9 Å². The van der Waals surface area contributed by atoms with E-state index in [1.165, 1.54) is 11.3 Å². The lowest BCUT2D eigenvalue weighted by Gasteiger charge is -2.19. The van der Waals surface area contributed by atoms with Gasteiger partial charge in [-0.3, -0.25) is 4.79 Å². The Hall–Kier alpha value is -3.06. The summed E-state index contributed by atoms with van der Waals surface area (Å²) in [6.45, 7) is 0. The topological polar surface area (TPSA) is 64.3 Å². The van der Waals surface area contributed by atoms with Crippen LogP contribution in [-0.4, -0.2) is 30.8 Å². The smallest absolute Gasteiger partial charge is 0.310 e. The highest BCUT2D eigenvalue weighted by atomic mass is 32.1. The first-order chi connectivity index (χ1) is 13.2. The highest BCUT2D eigenvalue weighted by Gasteiger charge is 2.35. The first-order valence-corrected chi connectivity index (χ1v) is 9.29. The van der Waals surface area contributed by atoms with Crippen LogP contribution in [0.1, 0.15) is 33.5 Å². The Kier molecular flexibility index (Phi) is 4.68. The molecule has 3 aromatic rings. The van der Waals surface area contributed by atoms with Crippen LogP contribution in [0.4, 0.5) is 0 Å². The molecule has 0 saturated carbocycles. The summed E-state index contributed by atoms with van der Waals surface area (Å²) in [6, 6.07) is 12.8. The van der Waals surface area contributed by atoms with Crippen molar-refractivity contribution in [2.75, 3.05) is 14.2 Å². The number of thiophene rings is 1. The number of hydrogen-bond acceptors (Lipinski definition) is 6. The maximum atomic E-state index is 12.9. The van der Waals surface area contributed by atoms with Crippen LogP contribution in [-0.2, 0) is 0 Å². The fourth-order valence-corrected chi connectivity index (χ4v) is 3.87. The normalized spacial score (nSPS) is 16.3. The van der Waals surface area contributed by atoms with Gasteiger partial charge in [0.1, 0.15) is 11.5 Å². The molecule has 0 saturated heterocycles. The zero-order chi connectivity index (χ0) is 18.8. The van der Waals surface area contributed by atoms with E-state index in [9.17, 15) is 4.79 Å². The number of ether oxygens (including phenoxy) is 2. The molecule has 27 heavy (non-hydrogen) atoms. The Labute approximate surface area is 160 Å². The highest BCUT2D eigenvalue weighted by Crippen LogP contribution is 2.37. The number of rotatable bonds is 5. The van der Waals surface area contributed by atoms with E-state index in [-0.39, 0.29) is 17.7 Å². The second kappa shape index (κ2) is 7.28. The minimum atomic E-state index is -0.261. The van der Waals surface area contributed by atoms with E-state index < -0.39 is 0 Å². The third-order valence-electron chi connectivity index (χ3n) is 4.41. The predicted molar refractivity (Wildman–Crippen MR) is 103 cm³/mol. The molecule has 4 rings (SSSR count). The van der Waals surface area contributed by atoms with Crippen molar-refractivity contribution in [3.63, 3.8) is 0 Å². The van der Waals surface area contributed by atoms with Gasteiger partial charge in [0.15, 0.2) is 5.76 Å². The van der Waals surface area contributed by atoms with Gasteiger partial charge >= 0.3 is 5.91 Å². The number of amides is 1. The van der Waals surface area contributed by atoms with E-state index in [2.05, 4.69) is 5.10 Å². The molecule has 0 spiro atoms. The monoisotopic (exact) mass is 382 g/mol. The molecule has 3 heterocycles. The Morgan fingerprint density at radius 2 is 1.96 bits per heavy atom. The van der Waals surface area contributed by atoms with E-state index in [0.717, 1.165) is 16.2 Å². The fourth-order valence-electron chi connectivity index (χ4n) is 3.06. The molecule has 0 bridgehead atoms. The number of hydrazone groups is 1. The van der Waals surface area contributed by atoms with Gasteiger partial charge in [-0.15, -0.1) is 11.3 Å². The molecule has 0 unspecified atom stereocenters. The van der Waals surface area contributed by atoms with Crippen LogP contribution in [0.3, 0.4) is 0 Å². The molecule has 1 atom stereocenters. The van der Waals surface area contributed by atoms with E-state index >= 15 is 0 Å². The van der Waals surface area contributed by atoms with Gasteiger partial charge < -0.3 is 13.9 Å². The minimum absolute atomic E-state index is 0.171. The second-order valence-corrected chi connectivity index (χ2v) is 6.99. The van der Waals surface area contributed by atoms with Gasteiger partial charge in [-0.25, -0.2) is 5.01 Å². The molecule has 0 fully saturated rings. The lowest BCUT2D eigenvalue weighted by atomic mass is 10.0. The van der Waals surface area contributed by atoms with E-state index in [1.807, 2.05) is 35.7 Å². The van der Waals surface area contributed by atoms with Gasteiger partial charge in [0.2, 0.25) is 0 Å². The van der Waals surface area contributed by atoms with Crippen molar-refractivity contribution in [3.05, 3.63) is 70.3 Å². The average Bonchev–Trinajstić information content (AvgIpc) is 3.47. The molecule has 0 N–H and O–H groups in total. The van der Waals surface area contributed by atoms with Gasteiger partial charge in [0.05, 0.1) is 32.2 Å². The third kappa shape index (κ3) is 3.33. The Morgan fingerprint density at radius 3 is 2.56 bits per heavy atom. The van der Waals surface area contributed by atoms with E-state index in [0.29, 0.717) is 17.9 Å². The summed E-state index contributed by atoms with van der Waals surface area (Å²) < 4.78 is 16.0. The lowest BCUT2D eigenvalue weighted by molar-refractivity contribution is 0.0681. The maximum Gasteiger partial charge on any atom is 0.310 e. The molecule has 0 radical (unpaired) electrons. The van der Waals surface area contributed by atoms with Gasteiger partial charge in [-0.1, -0.05) is 6.07 Å². The number of carbonyl (C=O) groups is 1. The van der Waals surface area contributed by atoms with Gasteiger partial charge in [-0.2, -0.15) is 5.10 Å². The summed E-state index contributed by atoms with van der Waals surface area (Å²) in [5, 5.41) is 8.14. The Bertz CT molecular complexity index is 942. The highest BCUT2D eigenvalue weighted by molar-refractivity contribution is 7.10. The molecular weight excluding hydrogens is 364 g/mol. The number of nitrogens with zero attached hydrogens (tertiary/aromatic N) is 2. The zero-order valence-electron chi connectivity index (χ0n) is 14.9. The number of furan rings is 1. The quantitative estimate of drug-likeness (QED) is 0.658. The largest absolute Gasteiger partial charge is 0.497 e. The van der Waals surface area contributed by atoms with Crippen molar-refractivity contribution in [1.29, 1.82) is 0 Å². The molecule has 1 aliphatic heterocycles. The van der Waals surface area contributed by atoms with Gasteiger partial charge in [-0.05, 0) is 35.7 Å². The average molecular weight is 382 g/mol. The number of hydrogen-bond donors (Lipinski definition) is 0. The number of benzene rings is 1. The van der Waals surface area contributed by atoms with Crippen LogP contribution in [0.15, 0.2) is 63.6 Å². The van der Waals surface area contributed by atoms with Crippen LogP contribution < -0.4 is 9.47 Å². The summed E-state index contributed by atoms with van der Waals surface area (Å²) >= 11 is 1.60. The summed E-state index contributed by atoms with van der Waals surface area (Å²) in [4.78, 5) is 14.0. The predicted octanol–water partition coefficient (Wildman–Crippen LogP) is 4.35. The van der Waals surface area contributed by atoms with Crippen LogP contribution in [0.25, 0.3) is 0 Å². The fraction of sp³-hybridized carbons (Fsp3) is 0.200. The van der Waals surface area contributed by atoms with Crippen LogP contribution in [0.5, 0.6) is 11.5 Å². The van der Waals surface area contributed by atoms with Crippen molar-refractivity contribution in [3.8, 4) is 11.5 Å². The molecule has 138 valence electrons. The van der Waals surface area contributed by atoms with Crippen molar-refractivity contribution in [1.82, 2.24) is 5.01 Å². The zero-order valence-corrected chi connectivity index (χ0v) is 15.7. The molecular formula is C20H18N2O4S. The maximum absolute atomic E-state index is 12.9. The van der Waals surface area contributed by atoms with Crippen molar-refractivity contribution < 1.29 is 18.7 Å². The summed E-state index contributed by atoms with van der Waals surface area (Å²) in [7, 11) is 3.21. The molecule has 0 aliphatic carbocycles. The Morgan fingerprint density at radius 1 is 1.19 bits per heavy atom. The van der Waals surface area contributed by atoms with Crippen molar-refractivity contribution in [2.45, 2.75) is 12.5 Å². The van der Waals surface area contributed by atoms with Gasteiger partial charge in [0, 0.05) is 22.9 Å². The van der Waals surface area contributed by atoms with E-state index in [1.54, 1.807) is 37.7 Å². The second-order valence-electron chi connectivity index (χ2n) is 6.01. The summed E-state index contributed by atoms with van der Waals surface area (Å²) in [5.74, 6) is 1.36. The molecule has 1 amide bonds. The summed E-state index contributed by atoms with van der Waals surface area (Å²) in [6.07, 6.45) is 2.09. The molecule has 6 nitrogen and oxygen atoms in total. The van der Waals surface area contributed by atoms with Crippen LogP contribution in [0, 0.1) is 0 Å². The van der Waals surface area contributed by atoms with Crippen LogP contribution in [0.2, 0.25) is 0 Å². The first-order valence-electron chi connectivity index (χ1n) is 8.41. The SMILES string of the molecule is COc1cc(OC)cc(C2=NN(C(=O)c3ccco3)[C@H](c3cccs3)C2)c1.